The number of fused-ring (bicyclic) bond motifs is 1. The number of allylic oxidation sites excluding steroid dienone is 1. The van der Waals surface area contributed by atoms with Gasteiger partial charge >= 0.3 is 0 Å². The van der Waals surface area contributed by atoms with Gasteiger partial charge in [-0.3, -0.25) is 4.79 Å². The van der Waals surface area contributed by atoms with Crippen LogP contribution in [0.5, 0.6) is 0 Å². The fourth-order valence-electron chi connectivity index (χ4n) is 2.85. The standard InChI is InChI=1S/C11H16O/c1-8-6-9-4-3-5-10(12)11(9,2)7-8/h9H,1,3-7H2,2H3. The highest BCUT2D eigenvalue weighted by Gasteiger charge is 2.47. The number of ketones is 1. The molecule has 66 valence electrons. The summed E-state index contributed by atoms with van der Waals surface area (Å²) in [5.41, 5.74) is 1.27. The number of carbonyl (C=O) groups excluding carboxylic acids is 1. The number of hydrogen-bond donors (Lipinski definition) is 0. The number of carbonyl (C=O) groups is 1. The summed E-state index contributed by atoms with van der Waals surface area (Å²) in [5.74, 6) is 1.10. The minimum absolute atomic E-state index is 0.0185. The summed E-state index contributed by atoms with van der Waals surface area (Å²) in [6, 6.07) is 0. The van der Waals surface area contributed by atoms with Crippen molar-refractivity contribution < 1.29 is 4.79 Å². The molecule has 1 nitrogen and oxygen atoms in total. The Morgan fingerprint density at radius 2 is 2.33 bits per heavy atom. The predicted octanol–water partition coefficient (Wildman–Crippen LogP) is 2.71. The van der Waals surface area contributed by atoms with Gasteiger partial charge in [0.2, 0.25) is 0 Å². The van der Waals surface area contributed by atoms with E-state index >= 15 is 0 Å². The Hall–Kier alpha value is -0.590. The second kappa shape index (κ2) is 2.45. The summed E-state index contributed by atoms with van der Waals surface area (Å²) in [6.07, 6.45) is 5.20. The van der Waals surface area contributed by atoms with Crippen LogP contribution in [0.25, 0.3) is 0 Å². The molecular formula is C11H16O. The summed E-state index contributed by atoms with van der Waals surface area (Å²) < 4.78 is 0. The van der Waals surface area contributed by atoms with Gasteiger partial charge in [0.05, 0.1) is 0 Å². The Morgan fingerprint density at radius 1 is 1.58 bits per heavy atom. The van der Waals surface area contributed by atoms with E-state index < -0.39 is 0 Å². The Morgan fingerprint density at radius 3 is 3.00 bits per heavy atom. The minimum atomic E-state index is -0.0185. The van der Waals surface area contributed by atoms with Gasteiger partial charge in [0.1, 0.15) is 5.78 Å². The Balaban J connectivity index is 2.29. The van der Waals surface area contributed by atoms with Crippen molar-refractivity contribution in [3.8, 4) is 0 Å². The molecule has 0 aliphatic heterocycles. The van der Waals surface area contributed by atoms with Gasteiger partial charge in [-0.25, -0.2) is 0 Å². The first-order valence-corrected chi connectivity index (χ1v) is 4.83. The van der Waals surface area contributed by atoms with Crippen LogP contribution in [0.15, 0.2) is 12.2 Å². The van der Waals surface area contributed by atoms with Gasteiger partial charge in [0, 0.05) is 11.8 Å². The highest BCUT2D eigenvalue weighted by atomic mass is 16.1. The van der Waals surface area contributed by atoms with E-state index in [2.05, 4.69) is 13.5 Å². The number of rotatable bonds is 0. The molecule has 2 aliphatic carbocycles. The lowest BCUT2D eigenvalue weighted by molar-refractivity contribution is -0.132. The van der Waals surface area contributed by atoms with Crippen molar-refractivity contribution in [1.82, 2.24) is 0 Å². The zero-order valence-electron chi connectivity index (χ0n) is 7.73. The Labute approximate surface area is 73.8 Å². The molecule has 0 bridgehead atoms. The minimum Gasteiger partial charge on any atom is -0.299 e. The Kier molecular flexibility index (Phi) is 1.64. The van der Waals surface area contributed by atoms with Gasteiger partial charge in [0.15, 0.2) is 0 Å². The second-order valence-electron chi connectivity index (χ2n) is 4.56. The normalized spacial score (nSPS) is 41.6. The molecule has 1 heteroatoms. The van der Waals surface area contributed by atoms with E-state index in [4.69, 9.17) is 0 Å². The smallest absolute Gasteiger partial charge is 0.139 e. The third-order valence-electron chi connectivity index (χ3n) is 3.65. The second-order valence-corrected chi connectivity index (χ2v) is 4.56. The van der Waals surface area contributed by atoms with Crippen LogP contribution in [0.1, 0.15) is 39.0 Å². The summed E-state index contributed by atoms with van der Waals surface area (Å²) >= 11 is 0. The summed E-state index contributed by atoms with van der Waals surface area (Å²) in [4.78, 5) is 11.7. The SMILES string of the molecule is C=C1CC2CCCC(=O)C2(C)C1. The summed E-state index contributed by atoms with van der Waals surface area (Å²) in [5, 5.41) is 0. The Bertz CT molecular complexity index is 241. The van der Waals surface area contributed by atoms with Crippen LogP contribution in [-0.4, -0.2) is 5.78 Å². The number of hydrogen-bond acceptors (Lipinski definition) is 1. The average molecular weight is 164 g/mol. The van der Waals surface area contributed by atoms with E-state index in [1.165, 1.54) is 12.0 Å². The molecule has 0 N–H and O–H groups in total. The van der Waals surface area contributed by atoms with Gasteiger partial charge < -0.3 is 0 Å². The molecule has 0 amide bonds. The summed E-state index contributed by atoms with van der Waals surface area (Å²) in [6.45, 7) is 6.14. The van der Waals surface area contributed by atoms with Crippen molar-refractivity contribution in [3.63, 3.8) is 0 Å². The molecule has 0 spiro atoms. The monoisotopic (exact) mass is 164 g/mol. The fourth-order valence-corrected chi connectivity index (χ4v) is 2.85. The quantitative estimate of drug-likeness (QED) is 0.503. The van der Waals surface area contributed by atoms with E-state index in [1.807, 2.05) is 0 Å². The molecule has 12 heavy (non-hydrogen) atoms. The molecule has 0 aromatic rings. The topological polar surface area (TPSA) is 17.1 Å². The van der Waals surface area contributed by atoms with E-state index in [9.17, 15) is 4.79 Å². The van der Waals surface area contributed by atoms with Crippen LogP contribution in [0.2, 0.25) is 0 Å². The molecule has 0 aromatic heterocycles. The predicted molar refractivity (Wildman–Crippen MR) is 48.8 cm³/mol. The van der Waals surface area contributed by atoms with Gasteiger partial charge in [-0.1, -0.05) is 19.1 Å². The van der Waals surface area contributed by atoms with E-state index in [0.29, 0.717) is 11.7 Å². The lowest BCUT2D eigenvalue weighted by Crippen LogP contribution is -2.35. The van der Waals surface area contributed by atoms with Crippen LogP contribution < -0.4 is 0 Å². The molecule has 0 radical (unpaired) electrons. The first-order chi connectivity index (χ1) is 5.63. The van der Waals surface area contributed by atoms with E-state index in [1.54, 1.807) is 0 Å². The molecular weight excluding hydrogens is 148 g/mol. The molecule has 0 aromatic carbocycles. The third-order valence-corrected chi connectivity index (χ3v) is 3.65. The first kappa shape index (κ1) is 8.03. The maximum absolute atomic E-state index is 11.7. The molecule has 2 saturated carbocycles. The van der Waals surface area contributed by atoms with Crippen LogP contribution in [0, 0.1) is 11.3 Å². The number of Topliss-reactive ketones (excluding diaryl/α,β-unsaturated/α-hetero) is 1. The molecule has 0 saturated heterocycles. The van der Waals surface area contributed by atoms with Crippen LogP contribution in [0.3, 0.4) is 0 Å². The largest absolute Gasteiger partial charge is 0.299 e. The van der Waals surface area contributed by atoms with Crippen molar-refractivity contribution >= 4 is 5.78 Å². The molecule has 0 heterocycles. The maximum Gasteiger partial charge on any atom is 0.139 e. The molecule has 2 aliphatic rings. The van der Waals surface area contributed by atoms with Crippen molar-refractivity contribution in [2.45, 2.75) is 39.0 Å². The van der Waals surface area contributed by atoms with Crippen LogP contribution in [-0.2, 0) is 4.79 Å². The maximum atomic E-state index is 11.7. The van der Waals surface area contributed by atoms with Crippen molar-refractivity contribution in [3.05, 3.63) is 12.2 Å². The zero-order chi connectivity index (χ0) is 8.77. The van der Waals surface area contributed by atoms with Crippen LogP contribution >= 0.6 is 0 Å². The molecule has 2 unspecified atom stereocenters. The van der Waals surface area contributed by atoms with E-state index in [-0.39, 0.29) is 5.41 Å². The first-order valence-electron chi connectivity index (χ1n) is 4.83. The fraction of sp³-hybridized carbons (Fsp3) is 0.727. The van der Waals surface area contributed by atoms with Crippen molar-refractivity contribution in [1.29, 1.82) is 0 Å². The zero-order valence-corrected chi connectivity index (χ0v) is 7.73. The van der Waals surface area contributed by atoms with E-state index in [0.717, 1.165) is 25.7 Å². The molecule has 2 atom stereocenters. The van der Waals surface area contributed by atoms with Crippen molar-refractivity contribution in [2.75, 3.05) is 0 Å². The van der Waals surface area contributed by atoms with Gasteiger partial charge in [-0.2, -0.15) is 0 Å². The lowest BCUT2D eigenvalue weighted by Gasteiger charge is -2.33. The highest BCUT2D eigenvalue weighted by Crippen LogP contribution is 2.51. The van der Waals surface area contributed by atoms with Gasteiger partial charge in [0.25, 0.3) is 0 Å². The van der Waals surface area contributed by atoms with Gasteiger partial charge in [-0.15, -0.1) is 0 Å². The molecule has 2 rings (SSSR count). The molecule has 2 fully saturated rings. The summed E-state index contributed by atoms with van der Waals surface area (Å²) in [7, 11) is 0. The van der Waals surface area contributed by atoms with Crippen LogP contribution in [0.4, 0.5) is 0 Å². The average Bonchev–Trinajstić information content (AvgIpc) is 2.27. The highest BCUT2D eigenvalue weighted by molar-refractivity contribution is 5.86. The lowest BCUT2D eigenvalue weighted by atomic mass is 9.69. The van der Waals surface area contributed by atoms with Crippen molar-refractivity contribution in [2.24, 2.45) is 11.3 Å². The van der Waals surface area contributed by atoms with Gasteiger partial charge in [-0.05, 0) is 31.6 Å². The third kappa shape index (κ3) is 0.954.